The minimum Gasteiger partial charge on any atom is -0.488 e. The highest BCUT2D eigenvalue weighted by atomic mass is 79.9. The van der Waals surface area contributed by atoms with Gasteiger partial charge in [-0.1, -0.05) is 71.4 Å². The first-order valence-corrected chi connectivity index (χ1v) is 10.5. The van der Waals surface area contributed by atoms with E-state index in [1.54, 1.807) is 12.1 Å². The molecular weight excluding hydrogens is 458 g/mol. The summed E-state index contributed by atoms with van der Waals surface area (Å²) in [6.07, 6.45) is 2.18. The van der Waals surface area contributed by atoms with Gasteiger partial charge in [0.2, 0.25) is 0 Å². The van der Waals surface area contributed by atoms with E-state index in [-0.39, 0.29) is 0 Å². The molecule has 0 aromatic heterocycles. The summed E-state index contributed by atoms with van der Waals surface area (Å²) in [5.41, 5.74) is 5.50. The van der Waals surface area contributed by atoms with Gasteiger partial charge in [0.1, 0.15) is 12.4 Å². The van der Waals surface area contributed by atoms with E-state index in [0.717, 1.165) is 22.0 Å². The van der Waals surface area contributed by atoms with Gasteiger partial charge in [-0.3, -0.25) is 9.59 Å². The second-order valence-corrected chi connectivity index (χ2v) is 7.54. The molecule has 0 saturated carbocycles. The van der Waals surface area contributed by atoms with Gasteiger partial charge >= 0.3 is 11.8 Å². The van der Waals surface area contributed by atoms with Crippen molar-refractivity contribution in [2.24, 2.45) is 5.10 Å². The second-order valence-electron chi connectivity index (χ2n) is 6.62. The molecule has 0 aliphatic heterocycles. The molecule has 31 heavy (non-hydrogen) atoms. The summed E-state index contributed by atoms with van der Waals surface area (Å²) >= 11 is 3.42. The van der Waals surface area contributed by atoms with Gasteiger partial charge in [-0.25, -0.2) is 5.43 Å². The number of anilines is 1. The summed E-state index contributed by atoms with van der Waals surface area (Å²) in [6.45, 7) is 2.37. The molecule has 0 spiro atoms. The minimum absolute atomic E-state index is 0.398. The van der Waals surface area contributed by atoms with E-state index in [2.05, 4.69) is 31.8 Å². The zero-order chi connectivity index (χ0) is 22.1. The van der Waals surface area contributed by atoms with Gasteiger partial charge in [0.25, 0.3) is 0 Å². The Morgan fingerprint density at radius 2 is 1.74 bits per heavy atom. The summed E-state index contributed by atoms with van der Waals surface area (Å²) in [4.78, 5) is 24.3. The number of carbonyl (C=O) groups excluding carboxylic acids is 2. The van der Waals surface area contributed by atoms with Crippen LogP contribution in [0.15, 0.2) is 82.4 Å². The smallest absolute Gasteiger partial charge is 0.329 e. The Balaban J connectivity index is 1.62. The van der Waals surface area contributed by atoms with Crippen LogP contribution in [0.5, 0.6) is 5.75 Å². The monoisotopic (exact) mass is 479 g/mol. The number of amides is 2. The predicted molar refractivity (Wildman–Crippen MR) is 125 cm³/mol. The van der Waals surface area contributed by atoms with Crippen molar-refractivity contribution in [1.82, 2.24) is 5.43 Å². The average molecular weight is 480 g/mol. The van der Waals surface area contributed by atoms with Crippen LogP contribution in [-0.4, -0.2) is 18.0 Å². The van der Waals surface area contributed by atoms with Crippen molar-refractivity contribution in [1.29, 1.82) is 0 Å². The zero-order valence-electron chi connectivity index (χ0n) is 17.0. The first-order valence-electron chi connectivity index (χ1n) is 9.75. The van der Waals surface area contributed by atoms with Gasteiger partial charge < -0.3 is 10.1 Å². The third kappa shape index (κ3) is 6.52. The first kappa shape index (κ1) is 22.2. The van der Waals surface area contributed by atoms with Crippen LogP contribution in [0.1, 0.15) is 23.6 Å². The molecule has 3 rings (SSSR count). The lowest BCUT2D eigenvalue weighted by molar-refractivity contribution is -0.136. The number of ether oxygens (including phenoxy) is 1. The molecule has 0 heterocycles. The van der Waals surface area contributed by atoms with E-state index in [1.165, 1.54) is 6.21 Å². The molecule has 2 amide bonds. The standard InChI is InChI=1S/C24H22BrN3O3/c1-2-18-10-6-7-11-21(18)27-23(29)24(30)28-26-15-19-14-20(25)12-13-22(19)31-16-17-8-4-3-5-9-17/h3-15H,2,16H2,1H3,(H,27,29)(H,28,30)/b26-15-. The van der Waals surface area contributed by atoms with Crippen LogP contribution in [0.25, 0.3) is 0 Å². The van der Waals surface area contributed by atoms with E-state index >= 15 is 0 Å². The van der Waals surface area contributed by atoms with Crippen molar-refractivity contribution < 1.29 is 14.3 Å². The highest BCUT2D eigenvalue weighted by Crippen LogP contribution is 2.23. The largest absolute Gasteiger partial charge is 0.488 e. The van der Waals surface area contributed by atoms with Crippen molar-refractivity contribution >= 4 is 39.6 Å². The van der Waals surface area contributed by atoms with E-state index < -0.39 is 11.8 Å². The Morgan fingerprint density at radius 1 is 1.00 bits per heavy atom. The molecule has 0 atom stereocenters. The van der Waals surface area contributed by atoms with Crippen LogP contribution < -0.4 is 15.5 Å². The summed E-state index contributed by atoms with van der Waals surface area (Å²) < 4.78 is 6.72. The second kappa shape index (κ2) is 11.1. The van der Waals surface area contributed by atoms with Gasteiger partial charge in [0.05, 0.1) is 6.21 Å². The summed E-state index contributed by atoms with van der Waals surface area (Å²) in [5.74, 6) is -1.04. The number of benzene rings is 3. The molecule has 2 N–H and O–H groups in total. The average Bonchev–Trinajstić information content (AvgIpc) is 2.79. The van der Waals surface area contributed by atoms with Crippen molar-refractivity contribution in [3.8, 4) is 5.75 Å². The molecule has 6 nitrogen and oxygen atoms in total. The van der Waals surface area contributed by atoms with E-state index in [1.807, 2.05) is 67.6 Å². The van der Waals surface area contributed by atoms with Crippen LogP contribution >= 0.6 is 15.9 Å². The van der Waals surface area contributed by atoms with Crippen molar-refractivity contribution in [2.45, 2.75) is 20.0 Å². The molecule has 0 unspecified atom stereocenters. The quantitative estimate of drug-likeness (QED) is 0.293. The van der Waals surface area contributed by atoms with Gasteiger partial charge in [0, 0.05) is 15.7 Å². The van der Waals surface area contributed by atoms with Crippen LogP contribution in [0.2, 0.25) is 0 Å². The molecule has 0 bridgehead atoms. The van der Waals surface area contributed by atoms with Crippen LogP contribution in [0.3, 0.4) is 0 Å². The van der Waals surface area contributed by atoms with Crippen LogP contribution in [-0.2, 0) is 22.6 Å². The molecule has 7 heteroatoms. The normalized spacial score (nSPS) is 10.6. The fourth-order valence-corrected chi connectivity index (χ4v) is 3.21. The van der Waals surface area contributed by atoms with E-state index in [9.17, 15) is 9.59 Å². The SMILES string of the molecule is CCc1ccccc1NC(=O)C(=O)N/N=C\c1cc(Br)ccc1OCc1ccccc1. The molecular formula is C24H22BrN3O3. The molecule has 0 aliphatic rings. The Bertz CT molecular complexity index is 1080. The molecule has 3 aromatic rings. The van der Waals surface area contributed by atoms with Crippen LogP contribution in [0.4, 0.5) is 5.69 Å². The number of aryl methyl sites for hydroxylation is 1. The number of para-hydroxylation sites is 1. The molecule has 158 valence electrons. The fraction of sp³-hybridized carbons (Fsp3) is 0.125. The fourth-order valence-electron chi connectivity index (χ4n) is 2.83. The molecule has 0 radical (unpaired) electrons. The Labute approximate surface area is 189 Å². The van der Waals surface area contributed by atoms with Crippen molar-refractivity contribution in [3.63, 3.8) is 0 Å². The number of halogens is 1. The van der Waals surface area contributed by atoms with Crippen molar-refractivity contribution in [2.75, 3.05) is 5.32 Å². The van der Waals surface area contributed by atoms with Gasteiger partial charge in [-0.05, 0) is 41.8 Å². The van der Waals surface area contributed by atoms with E-state index in [0.29, 0.717) is 23.6 Å². The van der Waals surface area contributed by atoms with Gasteiger partial charge in [-0.2, -0.15) is 5.10 Å². The Kier molecular flexibility index (Phi) is 7.95. The summed E-state index contributed by atoms with van der Waals surface area (Å²) in [7, 11) is 0. The topological polar surface area (TPSA) is 79.8 Å². The van der Waals surface area contributed by atoms with Gasteiger partial charge in [0.15, 0.2) is 0 Å². The molecule has 0 saturated heterocycles. The van der Waals surface area contributed by atoms with Crippen LogP contribution in [0, 0.1) is 0 Å². The molecule has 0 fully saturated rings. The maximum atomic E-state index is 12.2. The minimum atomic E-state index is -0.857. The number of nitrogens with zero attached hydrogens (tertiary/aromatic N) is 1. The predicted octanol–water partition coefficient (Wildman–Crippen LogP) is 4.68. The summed E-state index contributed by atoms with van der Waals surface area (Å²) in [5, 5.41) is 6.53. The number of rotatable bonds is 7. The first-order chi connectivity index (χ1) is 15.1. The molecule has 0 aliphatic carbocycles. The lowest BCUT2D eigenvalue weighted by atomic mass is 10.1. The number of hydrogen-bond acceptors (Lipinski definition) is 4. The summed E-state index contributed by atoms with van der Waals surface area (Å²) in [6, 6.07) is 22.6. The number of hydrogen-bond donors (Lipinski definition) is 2. The highest BCUT2D eigenvalue weighted by Gasteiger charge is 2.14. The Hall–Kier alpha value is -3.45. The maximum Gasteiger partial charge on any atom is 0.329 e. The maximum absolute atomic E-state index is 12.2. The van der Waals surface area contributed by atoms with Crippen molar-refractivity contribution in [3.05, 3.63) is 94.0 Å². The highest BCUT2D eigenvalue weighted by molar-refractivity contribution is 9.10. The number of hydrazone groups is 1. The Morgan fingerprint density at radius 3 is 2.52 bits per heavy atom. The number of carbonyl (C=O) groups is 2. The third-order valence-corrected chi connectivity index (χ3v) is 4.92. The van der Waals surface area contributed by atoms with E-state index in [4.69, 9.17) is 4.74 Å². The zero-order valence-corrected chi connectivity index (χ0v) is 18.6. The molecule has 3 aromatic carbocycles. The lowest BCUT2D eigenvalue weighted by Gasteiger charge is -2.10. The van der Waals surface area contributed by atoms with Gasteiger partial charge in [-0.15, -0.1) is 0 Å². The lowest BCUT2D eigenvalue weighted by Crippen LogP contribution is -2.32. The third-order valence-electron chi connectivity index (χ3n) is 4.43. The number of nitrogens with one attached hydrogen (secondary N) is 2.